The molecule has 0 heterocycles. The zero-order valence-electron chi connectivity index (χ0n) is 4.24. The second-order valence-corrected chi connectivity index (χ2v) is 2.70. The Balaban J connectivity index is 2.95. The smallest absolute Gasteiger partial charge is 0.198 e. The minimum Gasteiger partial charge on any atom is -0.198 e. The van der Waals surface area contributed by atoms with Crippen molar-refractivity contribution in [2.24, 2.45) is 0 Å². The average molecular weight is 125 g/mol. The predicted octanol–water partition coefficient (Wildman–Crippen LogP) is 2.51. The van der Waals surface area contributed by atoms with Crippen LogP contribution in [-0.2, 0) is 0 Å². The van der Waals surface area contributed by atoms with Crippen LogP contribution in [0.25, 0.3) is 0 Å². The molecule has 0 unspecified atom stereocenters. The molecule has 3 heteroatoms. The zero-order chi connectivity index (χ0) is 5.86. The molecule has 0 fully saturated rings. The number of rotatable bonds is 2. The Kier molecular flexibility index (Phi) is 3.34. The summed E-state index contributed by atoms with van der Waals surface area (Å²) in [7, 11) is 0. The van der Waals surface area contributed by atoms with Crippen molar-refractivity contribution in [1.29, 1.82) is 0 Å². The van der Waals surface area contributed by atoms with E-state index in [0.717, 1.165) is 0 Å². The largest absolute Gasteiger partial charge is 0.285 e. The molecule has 0 aliphatic carbocycles. The van der Waals surface area contributed by atoms with Crippen LogP contribution in [0.1, 0.15) is 13.8 Å². The fraction of sp³-hybridized carbons (Fsp3) is 0.750. The molecule has 0 aromatic rings. The Labute approximate surface area is 46.3 Å². The summed E-state index contributed by atoms with van der Waals surface area (Å²) in [6.45, 7) is 3.33. The summed E-state index contributed by atoms with van der Waals surface area (Å²) in [5.74, 6) is -2.25. The van der Waals surface area contributed by atoms with Gasteiger partial charge in [0.2, 0.25) is 0 Å². The van der Waals surface area contributed by atoms with Gasteiger partial charge in [0.1, 0.15) is 0 Å². The minimum atomic E-state index is -2.25. The van der Waals surface area contributed by atoms with Gasteiger partial charge in [-0.2, -0.15) is 8.78 Å². The van der Waals surface area contributed by atoms with Crippen molar-refractivity contribution < 1.29 is 8.78 Å². The molecule has 0 bridgehead atoms. The van der Waals surface area contributed by atoms with Crippen LogP contribution in [0, 0.1) is 5.25 Å². The van der Waals surface area contributed by atoms with Crippen LogP contribution in [0.15, 0.2) is 0 Å². The molecule has 0 N–H and O–H groups in total. The van der Waals surface area contributed by atoms with E-state index in [0.29, 0.717) is 17.0 Å². The molecule has 0 aromatic carbocycles. The van der Waals surface area contributed by atoms with Crippen molar-refractivity contribution in [2.45, 2.75) is 19.6 Å². The summed E-state index contributed by atoms with van der Waals surface area (Å²) in [5, 5.41) is 0.704. The van der Waals surface area contributed by atoms with Crippen molar-refractivity contribution in [3.8, 4) is 0 Å². The third kappa shape index (κ3) is 6.21. The number of hydrogen-bond donors (Lipinski definition) is 0. The second kappa shape index (κ2) is 3.24. The molecular formula is C4H7F2S. The van der Waals surface area contributed by atoms with E-state index < -0.39 is 5.76 Å². The highest BCUT2D eigenvalue weighted by molar-refractivity contribution is 8.02. The topological polar surface area (TPSA) is 0 Å². The zero-order valence-corrected chi connectivity index (χ0v) is 5.06. The van der Waals surface area contributed by atoms with E-state index in [1.165, 1.54) is 0 Å². The first-order chi connectivity index (χ1) is 3.13. The number of halogens is 2. The molecule has 0 atom stereocenters. The predicted molar refractivity (Wildman–Crippen MR) is 28.2 cm³/mol. The molecule has 0 amide bonds. The maximum Gasteiger partial charge on any atom is 0.285 e. The Morgan fingerprint density at radius 3 is 1.86 bits per heavy atom. The molecule has 0 aromatic heterocycles. The third-order valence-electron chi connectivity index (χ3n) is 0.325. The normalized spacial score (nSPS) is 11.1. The van der Waals surface area contributed by atoms with Crippen LogP contribution in [0.3, 0.4) is 0 Å². The maximum atomic E-state index is 11.2. The van der Waals surface area contributed by atoms with Gasteiger partial charge in [-0.15, -0.1) is 0 Å². The first kappa shape index (κ1) is 7.21. The van der Waals surface area contributed by atoms with E-state index in [1.54, 1.807) is 13.8 Å². The summed E-state index contributed by atoms with van der Waals surface area (Å²) in [5.41, 5.74) is 0. The van der Waals surface area contributed by atoms with E-state index in [2.05, 4.69) is 0 Å². The van der Waals surface area contributed by atoms with Crippen LogP contribution in [-0.4, -0.2) is 5.76 Å². The maximum absolute atomic E-state index is 11.2. The molecule has 0 spiro atoms. The fourth-order valence-electron chi connectivity index (χ4n) is 0.178. The van der Waals surface area contributed by atoms with Crippen molar-refractivity contribution >= 4 is 11.8 Å². The van der Waals surface area contributed by atoms with Gasteiger partial charge in [0.05, 0.1) is 0 Å². The Bertz CT molecular complexity index is 39.0. The molecule has 43 valence electrons. The first-order valence-electron chi connectivity index (χ1n) is 1.88. The van der Waals surface area contributed by atoms with E-state index in [9.17, 15) is 8.78 Å². The van der Waals surface area contributed by atoms with E-state index in [4.69, 9.17) is 0 Å². The Morgan fingerprint density at radius 1 is 1.43 bits per heavy atom. The van der Waals surface area contributed by atoms with Crippen LogP contribution in [0.4, 0.5) is 8.78 Å². The highest BCUT2D eigenvalue weighted by Crippen LogP contribution is 2.24. The van der Waals surface area contributed by atoms with Crippen LogP contribution >= 0.6 is 11.8 Å². The highest BCUT2D eigenvalue weighted by Gasteiger charge is 2.04. The lowest BCUT2D eigenvalue weighted by Gasteiger charge is -1.98. The average Bonchev–Trinajstić information content (AvgIpc) is 1.27. The highest BCUT2D eigenvalue weighted by atomic mass is 32.2. The quantitative estimate of drug-likeness (QED) is 0.546. The first-order valence-corrected chi connectivity index (χ1v) is 2.76. The van der Waals surface area contributed by atoms with Crippen LogP contribution in [0.2, 0.25) is 0 Å². The monoisotopic (exact) mass is 125 g/mol. The van der Waals surface area contributed by atoms with E-state index >= 15 is 0 Å². The van der Waals surface area contributed by atoms with Gasteiger partial charge in [-0.05, 0) is 13.8 Å². The molecule has 1 radical (unpaired) electrons. The molecule has 0 aliphatic rings. The van der Waals surface area contributed by atoms with E-state index in [1.807, 2.05) is 0 Å². The van der Waals surface area contributed by atoms with Gasteiger partial charge in [-0.1, -0.05) is 11.8 Å². The lowest BCUT2D eigenvalue weighted by Crippen LogP contribution is -1.83. The van der Waals surface area contributed by atoms with Gasteiger partial charge in [0.15, 0.2) is 0 Å². The van der Waals surface area contributed by atoms with Crippen molar-refractivity contribution in [2.75, 3.05) is 0 Å². The molecule has 0 nitrogen and oxygen atoms in total. The minimum absolute atomic E-state index is 0.593. The van der Waals surface area contributed by atoms with Crippen molar-refractivity contribution in [3.05, 3.63) is 5.25 Å². The Morgan fingerprint density at radius 2 is 1.86 bits per heavy atom. The van der Waals surface area contributed by atoms with Gasteiger partial charge in [-0.25, -0.2) is 0 Å². The van der Waals surface area contributed by atoms with Crippen molar-refractivity contribution in [3.63, 3.8) is 0 Å². The van der Waals surface area contributed by atoms with Gasteiger partial charge in [-0.3, -0.25) is 0 Å². The van der Waals surface area contributed by atoms with Gasteiger partial charge in [0.25, 0.3) is 5.76 Å². The summed E-state index contributed by atoms with van der Waals surface area (Å²) in [6, 6.07) is 0. The van der Waals surface area contributed by atoms with Crippen LogP contribution < -0.4 is 0 Å². The molecule has 0 saturated heterocycles. The van der Waals surface area contributed by atoms with Gasteiger partial charge in [0, 0.05) is 5.25 Å². The molecule has 0 rings (SSSR count). The standard InChI is InChI=1S/C4H7F2S/c1-3(2)7-4(5)6/h4H,1-2H3. The SMILES string of the molecule is C[C](C)SC(F)F. The lowest BCUT2D eigenvalue weighted by atomic mass is 10.6. The second-order valence-electron chi connectivity index (χ2n) is 1.29. The van der Waals surface area contributed by atoms with Gasteiger partial charge >= 0.3 is 0 Å². The summed E-state index contributed by atoms with van der Waals surface area (Å²) in [6.07, 6.45) is 0. The third-order valence-corrected chi connectivity index (χ3v) is 0.974. The summed E-state index contributed by atoms with van der Waals surface area (Å²) >= 11 is 0.593. The summed E-state index contributed by atoms with van der Waals surface area (Å²) in [4.78, 5) is 0. The lowest BCUT2D eigenvalue weighted by molar-refractivity contribution is 0.252. The molecule has 0 saturated carbocycles. The molecule has 7 heavy (non-hydrogen) atoms. The summed E-state index contributed by atoms with van der Waals surface area (Å²) < 4.78 is 22.5. The fourth-order valence-corrected chi connectivity index (χ4v) is 0.535. The Hall–Kier alpha value is 0.210. The molecular weight excluding hydrogens is 118 g/mol. The molecule has 0 aliphatic heterocycles. The van der Waals surface area contributed by atoms with Gasteiger partial charge < -0.3 is 0 Å². The number of alkyl halides is 2. The van der Waals surface area contributed by atoms with Crippen molar-refractivity contribution in [1.82, 2.24) is 0 Å². The van der Waals surface area contributed by atoms with Crippen LogP contribution in [0.5, 0.6) is 0 Å². The number of thioether (sulfide) groups is 1. The number of hydrogen-bond acceptors (Lipinski definition) is 1. The van der Waals surface area contributed by atoms with E-state index in [-0.39, 0.29) is 0 Å².